The third-order valence-corrected chi connectivity index (χ3v) is 3.14. The molecule has 18 heavy (non-hydrogen) atoms. The summed E-state index contributed by atoms with van der Waals surface area (Å²) >= 11 is 1.79. The van der Waals surface area contributed by atoms with Gasteiger partial charge in [-0.1, -0.05) is 6.92 Å². The van der Waals surface area contributed by atoms with Crippen LogP contribution >= 0.6 is 11.8 Å². The molecule has 2 N–H and O–H groups in total. The maximum absolute atomic E-state index is 5.32. The number of nitrogens with one attached hydrogen (secondary N) is 2. The van der Waals surface area contributed by atoms with E-state index in [0.717, 1.165) is 13.1 Å². The highest BCUT2D eigenvalue weighted by Crippen LogP contribution is 2.12. The first-order valence-electron chi connectivity index (χ1n) is 6.09. The fourth-order valence-corrected chi connectivity index (χ4v) is 1.43. The predicted molar refractivity (Wildman–Crippen MR) is 76.6 cm³/mol. The van der Waals surface area contributed by atoms with Crippen LogP contribution in [0.25, 0.3) is 0 Å². The van der Waals surface area contributed by atoms with Crippen molar-refractivity contribution in [3.05, 3.63) is 0 Å². The monoisotopic (exact) mass is 271 g/mol. The number of anilines is 2. The first-order valence-corrected chi connectivity index (χ1v) is 7.37. The second-order valence-electron chi connectivity index (χ2n) is 3.66. The van der Waals surface area contributed by atoms with Gasteiger partial charge < -0.3 is 15.4 Å². The van der Waals surface area contributed by atoms with Crippen molar-refractivity contribution in [2.75, 3.05) is 36.6 Å². The van der Waals surface area contributed by atoms with Gasteiger partial charge in [0.2, 0.25) is 11.9 Å². The summed E-state index contributed by atoms with van der Waals surface area (Å²) in [6.45, 7) is 8.15. The summed E-state index contributed by atoms with van der Waals surface area (Å²) in [5.74, 6) is 1.08. The number of rotatable bonds is 8. The van der Waals surface area contributed by atoms with Gasteiger partial charge in [-0.05, 0) is 20.1 Å². The van der Waals surface area contributed by atoms with E-state index in [1.54, 1.807) is 11.8 Å². The smallest absolute Gasteiger partial charge is 0.323 e. The zero-order valence-corrected chi connectivity index (χ0v) is 12.2. The van der Waals surface area contributed by atoms with Gasteiger partial charge in [-0.3, -0.25) is 0 Å². The Balaban J connectivity index is 2.75. The Kier molecular flexibility index (Phi) is 6.56. The molecule has 0 bridgehead atoms. The molecule has 7 heteroatoms. The van der Waals surface area contributed by atoms with E-state index in [2.05, 4.69) is 38.8 Å². The lowest BCUT2D eigenvalue weighted by molar-refractivity contribution is 0.312. The molecule has 6 nitrogen and oxygen atoms in total. The fraction of sp³-hybridized carbons (Fsp3) is 0.727. The van der Waals surface area contributed by atoms with Crippen LogP contribution in [0, 0.1) is 0 Å². The molecule has 0 saturated heterocycles. The van der Waals surface area contributed by atoms with Crippen molar-refractivity contribution in [2.24, 2.45) is 0 Å². The molecule has 0 aliphatic rings. The topological polar surface area (TPSA) is 72.0 Å². The molecule has 0 amide bonds. The lowest BCUT2D eigenvalue weighted by Crippen LogP contribution is -2.16. The molecule has 0 aromatic carbocycles. The first-order chi connectivity index (χ1) is 8.69. The SMILES string of the molecule is CCNc1nc(NCC(C)SC)nc(OCC)n1. The normalized spacial score (nSPS) is 12.0. The second-order valence-corrected chi connectivity index (χ2v) is 4.93. The van der Waals surface area contributed by atoms with Gasteiger partial charge in [0.1, 0.15) is 0 Å². The van der Waals surface area contributed by atoms with Crippen LogP contribution in [0.3, 0.4) is 0 Å². The van der Waals surface area contributed by atoms with Crippen LogP contribution in [0.2, 0.25) is 0 Å². The molecule has 1 rings (SSSR count). The van der Waals surface area contributed by atoms with Crippen molar-refractivity contribution in [1.82, 2.24) is 15.0 Å². The molecule has 1 heterocycles. The maximum Gasteiger partial charge on any atom is 0.323 e. The molecule has 0 saturated carbocycles. The van der Waals surface area contributed by atoms with Gasteiger partial charge in [-0.25, -0.2) is 0 Å². The van der Waals surface area contributed by atoms with E-state index in [1.165, 1.54) is 0 Å². The summed E-state index contributed by atoms with van der Waals surface area (Å²) in [7, 11) is 0. The van der Waals surface area contributed by atoms with Crippen LogP contribution in [0.4, 0.5) is 11.9 Å². The Bertz CT molecular complexity index is 339. The van der Waals surface area contributed by atoms with Crippen molar-refractivity contribution < 1.29 is 4.74 Å². The highest BCUT2D eigenvalue weighted by Gasteiger charge is 2.07. The van der Waals surface area contributed by atoms with E-state index in [9.17, 15) is 0 Å². The average molecular weight is 271 g/mol. The van der Waals surface area contributed by atoms with E-state index in [4.69, 9.17) is 4.74 Å². The van der Waals surface area contributed by atoms with E-state index in [-0.39, 0.29) is 0 Å². The van der Waals surface area contributed by atoms with Crippen molar-refractivity contribution in [3.8, 4) is 6.01 Å². The van der Waals surface area contributed by atoms with Gasteiger partial charge >= 0.3 is 6.01 Å². The quantitative estimate of drug-likeness (QED) is 0.747. The van der Waals surface area contributed by atoms with Crippen LogP contribution < -0.4 is 15.4 Å². The van der Waals surface area contributed by atoms with Crippen LogP contribution in [-0.4, -0.2) is 46.2 Å². The van der Waals surface area contributed by atoms with Gasteiger partial charge in [-0.2, -0.15) is 26.7 Å². The van der Waals surface area contributed by atoms with Crippen molar-refractivity contribution in [2.45, 2.75) is 26.0 Å². The van der Waals surface area contributed by atoms with Gasteiger partial charge in [0, 0.05) is 18.3 Å². The Hall–Kier alpha value is -1.24. The van der Waals surface area contributed by atoms with Gasteiger partial charge in [-0.15, -0.1) is 0 Å². The number of hydrogen-bond donors (Lipinski definition) is 2. The van der Waals surface area contributed by atoms with E-state index in [0.29, 0.717) is 29.8 Å². The Morgan fingerprint density at radius 1 is 1.17 bits per heavy atom. The van der Waals surface area contributed by atoms with Crippen LogP contribution in [-0.2, 0) is 0 Å². The highest BCUT2D eigenvalue weighted by molar-refractivity contribution is 7.99. The molecular formula is C11H21N5OS. The Morgan fingerprint density at radius 3 is 2.39 bits per heavy atom. The molecule has 0 radical (unpaired) electrons. The van der Waals surface area contributed by atoms with Crippen molar-refractivity contribution >= 4 is 23.7 Å². The number of thioether (sulfide) groups is 1. The van der Waals surface area contributed by atoms with E-state index in [1.807, 2.05) is 13.8 Å². The van der Waals surface area contributed by atoms with Crippen LogP contribution in [0.1, 0.15) is 20.8 Å². The lowest BCUT2D eigenvalue weighted by atomic mass is 10.5. The minimum absolute atomic E-state index is 0.350. The number of aromatic nitrogens is 3. The first kappa shape index (κ1) is 14.8. The van der Waals surface area contributed by atoms with Crippen LogP contribution in [0.15, 0.2) is 0 Å². The molecule has 102 valence electrons. The lowest BCUT2D eigenvalue weighted by Gasteiger charge is -2.11. The largest absolute Gasteiger partial charge is 0.464 e. The molecule has 1 unspecified atom stereocenters. The molecule has 0 spiro atoms. The standard InChI is InChI=1S/C11H21N5OS/c1-5-12-9-14-10(13-7-8(3)18-4)16-11(15-9)17-6-2/h8H,5-7H2,1-4H3,(H2,12,13,14,15,16). The highest BCUT2D eigenvalue weighted by atomic mass is 32.2. The molecule has 1 atom stereocenters. The fourth-order valence-electron chi connectivity index (χ4n) is 1.18. The number of ether oxygens (including phenoxy) is 1. The summed E-state index contributed by atoms with van der Waals surface area (Å²) < 4.78 is 5.32. The molecular weight excluding hydrogens is 250 g/mol. The number of nitrogens with zero attached hydrogens (tertiary/aromatic N) is 3. The van der Waals surface area contributed by atoms with Crippen molar-refractivity contribution in [1.29, 1.82) is 0 Å². The minimum Gasteiger partial charge on any atom is -0.464 e. The van der Waals surface area contributed by atoms with E-state index >= 15 is 0 Å². The molecule has 0 fully saturated rings. The minimum atomic E-state index is 0.350. The second kappa shape index (κ2) is 7.97. The summed E-state index contributed by atoms with van der Waals surface area (Å²) in [6.07, 6.45) is 2.08. The third-order valence-electron chi connectivity index (χ3n) is 2.17. The number of hydrogen-bond acceptors (Lipinski definition) is 7. The van der Waals surface area contributed by atoms with Gasteiger partial charge in [0.15, 0.2) is 0 Å². The predicted octanol–water partition coefficient (Wildman–Crippen LogP) is 1.87. The molecule has 0 aliphatic heterocycles. The Labute approximate surface area is 112 Å². The zero-order valence-electron chi connectivity index (χ0n) is 11.4. The molecule has 0 aliphatic carbocycles. The summed E-state index contributed by atoms with van der Waals surface area (Å²) in [5, 5.41) is 6.75. The molecule has 1 aromatic rings. The molecule has 1 aromatic heterocycles. The Morgan fingerprint density at radius 2 is 1.83 bits per heavy atom. The van der Waals surface area contributed by atoms with Gasteiger partial charge in [0.05, 0.1) is 6.61 Å². The van der Waals surface area contributed by atoms with Gasteiger partial charge in [0.25, 0.3) is 0 Å². The summed E-state index contributed by atoms with van der Waals surface area (Å²) in [4.78, 5) is 12.6. The zero-order chi connectivity index (χ0) is 13.4. The summed E-state index contributed by atoms with van der Waals surface area (Å²) in [5.41, 5.74) is 0. The maximum atomic E-state index is 5.32. The third kappa shape index (κ3) is 4.95. The average Bonchev–Trinajstić information content (AvgIpc) is 2.36. The van der Waals surface area contributed by atoms with E-state index < -0.39 is 0 Å². The summed E-state index contributed by atoms with van der Waals surface area (Å²) in [6, 6.07) is 0.350. The van der Waals surface area contributed by atoms with Crippen molar-refractivity contribution in [3.63, 3.8) is 0 Å². The van der Waals surface area contributed by atoms with Crippen LogP contribution in [0.5, 0.6) is 6.01 Å².